The van der Waals surface area contributed by atoms with Crippen molar-refractivity contribution in [3.63, 3.8) is 0 Å². The molecule has 0 N–H and O–H groups in total. The molecule has 1 rings (SSSR count). The molecular weight excluding hydrogens is 132 g/mol. The first-order chi connectivity index (χ1) is 5.25. The minimum atomic E-state index is 0.877. The monoisotopic (exact) mass is 152 g/mol. The van der Waals surface area contributed by atoms with Gasteiger partial charge in [0.1, 0.15) is 0 Å². The number of hydrogen-bond acceptors (Lipinski definition) is 0. The van der Waals surface area contributed by atoms with Gasteiger partial charge < -0.3 is 0 Å². The first-order valence-corrected chi connectivity index (χ1v) is 4.94. The van der Waals surface area contributed by atoms with E-state index in [4.69, 9.17) is 0 Å². The van der Waals surface area contributed by atoms with Gasteiger partial charge in [-0.2, -0.15) is 0 Å². The number of hydrogen-bond donors (Lipinski definition) is 0. The van der Waals surface area contributed by atoms with Crippen LogP contribution >= 0.6 is 0 Å². The Balaban J connectivity index is 2.43. The summed E-state index contributed by atoms with van der Waals surface area (Å²) in [5, 5.41) is 0. The molecule has 0 aromatic carbocycles. The summed E-state index contributed by atoms with van der Waals surface area (Å²) in [6.07, 6.45) is 6.88. The summed E-state index contributed by atoms with van der Waals surface area (Å²) in [6, 6.07) is 0. The standard InChI is InChI=1S/C11H20/c1-4-5-6-11-8-7-9(2)10(11)3/h9H,4-8H2,1-3H3. The predicted octanol–water partition coefficient (Wildman–Crippen LogP) is 3.92. The highest BCUT2D eigenvalue weighted by Gasteiger charge is 2.16. The van der Waals surface area contributed by atoms with Crippen LogP contribution in [0.1, 0.15) is 52.9 Å². The fraction of sp³-hybridized carbons (Fsp3) is 0.818. The molecule has 1 unspecified atom stereocenters. The molecule has 0 aromatic rings. The number of allylic oxidation sites excluding steroid dienone is 2. The minimum absolute atomic E-state index is 0.877. The summed E-state index contributed by atoms with van der Waals surface area (Å²) < 4.78 is 0. The second-order valence-corrected chi connectivity index (χ2v) is 3.83. The zero-order valence-electron chi connectivity index (χ0n) is 8.11. The van der Waals surface area contributed by atoms with E-state index in [1.54, 1.807) is 11.1 Å². The molecule has 0 nitrogen and oxygen atoms in total. The molecule has 0 aliphatic heterocycles. The van der Waals surface area contributed by atoms with E-state index in [0.717, 1.165) is 5.92 Å². The highest BCUT2D eigenvalue weighted by Crippen LogP contribution is 2.33. The Morgan fingerprint density at radius 1 is 1.45 bits per heavy atom. The van der Waals surface area contributed by atoms with Crippen molar-refractivity contribution in [3.8, 4) is 0 Å². The van der Waals surface area contributed by atoms with E-state index in [0.29, 0.717) is 0 Å². The van der Waals surface area contributed by atoms with Gasteiger partial charge in [-0.05, 0) is 38.5 Å². The van der Waals surface area contributed by atoms with Gasteiger partial charge in [-0.1, -0.05) is 31.4 Å². The van der Waals surface area contributed by atoms with Crippen molar-refractivity contribution >= 4 is 0 Å². The van der Waals surface area contributed by atoms with Gasteiger partial charge in [-0.15, -0.1) is 0 Å². The van der Waals surface area contributed by atoms with Gasteiger partial charge in [0.2, 0.25) is 0 Å². The summed E-state index contributed by atoms with van der Waals surface area (Å²) in [7, 11) is 0. The molecule has 0 spiro atoms. The SMILES string of the molecule is CCCCC1=C(C)C(C)CC1. The quantitative estimate of drug-likeness (QED) is 0.538. The lowest BCUT2D eigenvalue weighted by molar-refractivity contribution is 0.666. The van der Waals surface area contributed by atoms with Crippen molar-refractivity contribution in [1.82, 2.24) is 0 Å². The van der Waals surface area contributed by atoms with Gasteiger partial charge in [-0.25, -0.2) is 0 Å². The van der Waals surface area contributed by atoms with Crippen LogP contribution in [-0.2, 0) is 0 Å². The van der Waals surface area contributed by atoms with E-state index in [-0.39, 0.29) is 0 Å². The van der Waals surface area contributed by atoms with Gasteiger partial charge in [0.05, 0.1) is 0 Å². The van der Waals surface area contributed by atoms with E-state index >= 15 is 0 Å². The molecule has 0 saturated carbocycles. The third kappa shape index (κ3) is 2.08. The lowest BCUT2D eigenvalue weighted by atomic mass is 10.0. The number of unbranched alkanes of at least 4 members (excludes halogenated alkanes) is 1. The first-order valence-electron chi connectivity index (χ1n) is 4.94. The lowest BCUT2D eigenvalue weighted by Crippen LogP contribution is -1.87. The van der Waals surface area contributed by atoms with E-state index in [1.807, 2.05) is 0 Å². The summed E-state index contributed by atoms with van der Waals surface area (Å²) in [4.78, 5) is 0. The fourth-order valence-corrected chi connectivity index (χ4v) is 1.87. The van der Waals surface area contributed by atoms with Crippen molar-refractivity contribution in [1.29, 1.82) is 0 Å². The van der Waals surface area contributed by atoms with Crippen LogP contribution in [-0.4, -0.2) is 0 Å². The smallest absolute Gasteiger partial charge is 0.0229 e. The largest absolute Gasteiger partial charge is 0.0713 e. The maximum Gasteiger partial charge on any atom is -0.0229 e. The summed E-state index contributed by atoms with van der Waals surface area (Å²) in [6.45, 7) is 6.95. The molecule has 1 atom stereocenters. The van der Waals surface area contributed by atoms with Crippen LogP contribution in [0.25, 0.3) is 0 Å². The zero-order valence-corrected chi connectivity index (χ0v) is 8.11. The molecule has 0 heteroatoms. The maximum atomic E-state index is 2.36. The Bertz CT molecular complexity index is 153. The second kappa shape index (κ2) is 3.94. The Morgan fingerprint density at radius 3 is 2.64 bits per heavy atom. The van der Waals surface area contributed by atoms with Crippen LogP contribution in [0.2, 0.25) is 0 Å². The lowest BCUT2D eigenvalue weighted by Gasteiger charge is -2.03. The summed E-state index contributed by atoms with van der Waals surface area (Å²) in [5.74, 6) is 0.877. The van der Waals surface area contributed by atoms with Crippen molar-refractivity contribution in [2.75, 3.05) is 0 Å². The molecule has 0 radical (unpaired) electrons. The molecule has 0 aromatic heterocycles. The van der Waals surface area contributed by atoms with Crippen LogP contribution in [0.4, 0.5) is 0 Å². The molecule has 1 aliphatic rings. The third-order valence-electron chi connectivity index (χ3n) is 3.01. The molecule has 0 bridgehead atoms. The molecule has 1 aliphatic carbocycles. The zero-order chi connectivity index (χ0) is 8.27. The molecule has 0 heterocycles. The predicted molar refractivity (Wildman–Crippen MR) is 50.6 cm³/mol. The Labute approximate surface area is 70.7 Å². The summed E-state index contributed by atoms with van der Waals surface area (Å²) in [5.41, 5.74) is 3.46. The number of rotatable bonds is 3. The van der Waals surface area contributed by atoms with Gasteiger partial charge in [0, 0.05) is 0 Å². The molecule has 0 fully saturated rings. The molecular formula is C11H20. The summed E-state index contributed by atoms with van der Waals surface area (Å²) >= 11 is 0. The third-order valence-corrected chi connectivity index (χ3v) is 3.01. The Kier molecular flexibility index (Phi) is 3.16. The van der Waals surface area contributed by atoms with Crippen LogP contribution in [0.5, 0.6) is 0 Å². The van der Waals surface area contributed by atoms with Crippen molar-refractivity contribution in [2.24, 2.45) is 5.92 Å². The van der Waals surface area contributed by atoms with Crippen molar-refractivity contribution in [3.05, 3.63) is 11.1 Å². The van der Waals surface area contributed by atoms with Crippen molar-refractivity contribution < 1.29 is 0 Å². The van der Waals surface area contributed by atoms with E-state index in [9.17, 15) is 0 Å². The average molecular weight is 152 g/mol. The second-order valence-electron chi connectivity index (χ2n) is 3.83. The molecule has 0 saturated heterocycles. The van der Waals surface area contributed by atoms with Gasteiger partial charge in [0.25, 0.3) is 0 Å². The van der Waals surface area contributed by atoms with Gasteiger partial charge in [0.15, 0.2) is 0 Å². The van der Waals surface area contributed by atoms with E-state index in [1.165, 1.54) is 32.1 Å². The minimum Gasteiger partial charge on any atom is -0.0713 e. The van der Waals surface area contributed by atoms with Crippen LogP contribution in [0.15, 0.2) is 11.1 Å². The molecule has 64 valence electrons. The van der Waals surface area contributed by atoms with Crippen LogP contribution < -0.4 is 0 Å². The fourth-order valence-electron chi connectivity index (χ4n) is 1.87. The first kappa shape index (κ1) is 8.83. The van der Waals surface area contributed by atoms with Gasteiger partial charge >= 0.3 is 0 Å². The molecule has 11 heavy (non-hydrogen) atoms. The highest BCUT2D eigenvalue weighted by atomic mass is 14.2. The Hall–Kier alpha value is -0.260. The Morgan fingerprint density at radius 2 is 2.18 bits per heavy atom. The van der Waals surface area contributed by atoms with E-state index in [2.05, 4.69) is 20.8 Å². The van der Waals surface area contributed by atoms with Crippen LogP contribution in [0, 0.1) is 5.92 Å². The van der Waals surface area contributed by atoms with Gasteiger partial charge in [-0.3, -0.25) is 0 Å². The average Bonchev–Trinajstić information content (AvgIpc) is 2.31. The molecule has 0 amide bonds. The van der Waals surface area contributed by atoms with Crippen molar-refractivity contribution in [2.45, 2.75) is 52.9 Å². The van der Waals surface area contributed by atoms with E-state index < -0.39 is 0 Å². The topological polar surface area (TPSA) is 0 Å². The maximum absolute atomic E-state index is 2.36. The normalized spacial score (nSPS) is 24.8. The van der Waals surface area contributed by atoms with Crippen LogP contribution in [0.3, 0.4) is 0 Å². The highest BCUT2D eigenvalue weighted by molar-refractivity contribution is 5.19.